The standard InChI is InChI=1S/C14H20N4O2S/c1-10-6-11(2)14(7-12(10)8-15)21(19,20)16-9-13-4-5-18(3)17-13/h4-7,16H,8-9,15H2,1-3H3. The number of sulfonamides is 1. The fourth-order valence-electron chi connectivity index (χ4n) is 2.19. The third kappa shape index (κ3) is 3.49. The molecule has 7 heteroatoms. The number of benzene rings is 1. The lowest BCUT2D eigenvalue weighted by molar-refractivity contribution is 0.578. The van der Waals surface area contributed by atoms with Crippen LogP contribution >= 0.6 is 0 Å². The summed E-state index contributed by atoms with van der Waals surface area (Å²) in [6.45, 7) is 4.18. The molecule has 0 radical (unpaired) electrons. The van der Waals surface area contributed by atoms with Gasteiger partial charge in [0.25, 0.3) is 0 Å². The van der Waals surface area contributed by atoms with E-state index in [2.05, 4.69) is 9.82 Å². The van der Waals surface area contributed by atoms with Gasteiger partial charge in [-0.25, -0.2) is 13.1 Å². The molecule has 3 N–H and O–H groups in total. The maximum atomic E-state index is 12.4. The van der Waals surface area contributed by atoms with Gasteiger partial charge in [-0.05, 0) is 42.7 Å². The summed E-state index contributed by atoms with van der Waals surface area (Å²) in [5, 5.41) is 4.15. The fourth-order valence-corrected chi connectivity index (χ4v) is 3.46. The van der Waals surface area contributed by atoms with Gasteiger partial charge in [-0.15, -0.1) is 0 Å². The Balaban J connectivity index is 2.27. The first-order valence-electron chi connectivity index (χ1n) is 6.62. The van der Waals surface area contributed by atoms with Gasteiger partial charge in [0.2, 0.25) is 10.0 Å². The van der Waals surface area contributed by atoms with Crippen LogP contribution in [-0.2, 0) is 30.2 Å². The van der Waals surface area contributed by atoms with Crippen LogP contribution in [0.4, 0.5) is 0 Å². The average Bonchev–Trinajstić information content (AvgIpc) is 2.82. The molecule has 0 saturated heterocycles. The summed E-state index contributed by atoms with van der Waals surface area (Å²) in [7, 11) is -1.80. The third-order valence-electron chi connectivity index (χ3n) is 3.36. The van der Waals surface area contributed by atoms with Crippen molar-refractivity contribution in [3.8, 4) is 0 Å². The molecule has 0 spiro atoms. The summed E-state index contributed by atoms with van der Waals surface area (Å²) in [5.74, 6) is 0. The quantitative estimate of drug-likeness (QED) is 0.861. The zero-order valence-corrected chi connectivity index (χ0v) is 13.2. The largest absolute Gasteiger partial charge is 0.326 e. The Morgan fingerprint density at radius 2 is 2.00 bits per heavy atom. The molecule has 0 fully saturated rings. The SMILES string of the molecule is Cc1cc(C)c(S(=O)(=O)NCc2ccn(C)n2)cc1CN. The van der Waals surface area contributed by atoms with E-state index >= 15 is 0 Å². The monoisotopic (exact) mass is 308 g/mol. The van der Waals surface area contributed by atoms with E-state index in [0.29, 0.717) is 17.8 Å². The number of nitrogens with two attached hydrogens (primary N) is 1. The smallest absolute Gasteiger partial charge is 0.241 e. The van der Waals surface area contributed by atoms with Gasteiger partial charge in [-0.3, -0.25) is 4.68 Å². The van der Waals surface area contributed by atoms with Crippen molar-refractivity contribution in [3.05, 3.63) is 46.8 Å². The maximum absolute atomic E-state index is 12.4. The minimum atomic E-state index is -3.58. The number of hydrogen-bond acceptors (Lipinski definition) is 4. The van der Waals surface area contributed by atoms with Crippen molar-refractivity contribution in [2.45, 2.75) is 31.8 Å². The van der Waals surface area contributed by atoms with Crippen LogP contribution in [0.1, 0.15) is 22.4 Å². The van der Waals surface area contributed by atoms with Gasteiger partial charge in [-0.1, -0.05) is 6.07 Å². The zero-order valence-electron chi connectivity index (χ0n) is 12.4. The minimum Gasteiger partial charge on any atom is -0.326 e. The second-order valence-electron chi connectivity index (χ2n) is 5.05. The van der Waals surface area contributed by atoms with Crippen LogP contribution in [-0.4, -0.2) is 18.2 Å². The van der Waals surface area contributed by atoms with E-state index in [0.717, 1.165) is 11.1 Å². The maximum Gasteiger partial charge on any atom is 0.241 e. The highest BCUT2D eigenvalue weighted by Gasteiger charge is 2.18. The number of aryl methyl sites for hydroxylation is 3. The molecule has 0 unspecified atom stereocenters. The lowest BCUT2D eigenvalue weighted by atomic mass is 10.1. The number of nitrogens with one attached hydrogen (secondary N) is 1. The van der Waals surface area contributed by atoms with E-state index in [1.807, 2.05) is 13.0 Å². The van der Waals surface area contributed by atoms with Gasteiger partial charge in [0.1, 0.15) is 0 Å². The lowest BCUT2D eigenvalue weighted by Gasteiger charge is -2.12. The Labute approximate surface area is 125 Å². The van der Waals surface area contributed by atoms with Crippen LogP contribution in [0.5, 0.6) is 0 Å². The Kier molecular flexibility index (Phi) is 4.46. The third-order valence-corrected chi connectivity index (χ3v) is 4.90. The highest BCUT2D eigenvalue weighted by molar-refractivity contribution is 7.89. The summed E-state index contributed by atoms with van der Waals surface area (Å²) in [6, 6.07) is 5.26. The van der Waals surface area contributed by atoms with E-state index < -0.39 is 10.0 Å². The highest BCUT2D eigenvalue weighted by atomic mass is 32.2. The number of hydrogen-bond donors (Lipinski definition) is 2. The second kappa shape index (κ2) is 5.97. The fraction of sp³-hybridized carbons (Fsp3) is 0.357. The van der Waals surface area contributed by atoms with Crippen molar-refractivity contribution in [1.82, 2.24) is 14.5 Å². The topological polar surface area (TPSA) is 90.0 Å². The van der Waals surface area contributed by atoms with Gasteiger partial charge < -0.3 is 5.73 Å². The van der Waals surface area contributed by atoms with E-state index in [4.69, 9.17) is 5.73 Å². The molecule has 114 valence electrons. The Hall–Kier alpha value is -1.70. The van der Waals surface area contributed by atoms with Crippen LogP contribution in [0, 0.1) is 13.8 Å². The van der Waals surface area contributed by atoms with E-state index in [1.165, 1.54) is 0 Å². The molecule has 1 heterocycles. The molecule has 2 aromatic rings. The van der Waals surface area contributed by atoms with Crippen molar-refractivity contribution < 1.29 is 8.42 Å². The summed E-state index contributed by atoms with van der Waals surface area (Å²) in [4.78, 5) is 0.268. The van der Waals surface area contributed by atoms with Crippen molar-refractivity contribution in [3.63, 3.8) is 0 Å². The molecule has 1 aromatic heterocycles. The zero-order chi connectivity index (χ0) is 15.6. The predicted molar refractivity (Wildman–Crippen MR) is 81.0 cm³/mol. The molecular weight excluding hydrogens is 288 g/mol. The van der Waals surface area contributed by atoms with Crippen LogP contribution in [0.25, 0.3) is 0 Å². The Morgan fingerprint density at radius 3 is 2.57 bits per heavy atom. The lowest BCUT2D eigenvalue weighted by Crippen LogP contribution is -2.24. The molecule has 21 heavy (non-hydrogen) atoms. The summed E-state index contributed by atoms with van der Waals surface area (Å²) >= 11 is 0. The molecule has 2 rings (SSSR count). The highest BCUT2D eigenvalue weighted by Crippen LogP contribution is 2.20. The molecule has 0 bridgehead atoms. The van der Waals surface area contributed by atoms with Gasteiger partial charge in [-0.2, -0.15) is 5.10 Å². The van der Waals surface area contributed by atoms with Crippen LogP contribution < -0.4 is 10.5 Å². The second-order valence-corrected chi connectivity index (χ2v) is 6.79. The number of aromatic nitrogens is 2. The first kappa shape index (κ1) is 15.7. The summed E-state index contributed by atoms with van der Waals surface area (Å²) in [5.41, 5.74) is 8.86. The molecule has 0 aliphatic rings. The van der Waals surface area contributed by atoms with Crippen LogP contribution in [0.2, 0.25) is 0 Å². The van der Waals surface area contributed by atoms with Crippen molar-refractivity contribution in [2.24, 2.45) is 12.8 Å². The molecule has 0 atom stereocenters. The van der Waals surface area contributed by atoms with Gasteiger partial charge in [0.15, 0.2) is 0 Å². The van der Waals surface area contributed by atoms with Crippen LogP contribution in [0.3, 0.4) is 0 Å². The summed E-state index contributed by atoms with van der Waals surface area (Å²) in [6.07, 6.45) is 1.77. The van der Waals surface area contributed by atoms with Gasteiger partial charge in [0.05, 0.1) is 17.1 Å². The molecule has 0 amide bonds. The molecular formula is C14H20N4O2S. The normalized spacial score (nSPS) is 11.8. The Bertz CT molecular complexity index is 750. The Morgan fingerprint density at radius 1 is 1.29 bits per heavy atom. The van der Waals surface area contributed by atoms with Gasteiger partial charge >= 0.3 is 0 Å². The van der Waals surface area contributed by atoms with Crippen molar-refractivity contribution >= 4 is 10.0 Å². The number of rotatable bonds is 5. The average molecular weight is 308 g/mol. The molecule has 0 aliphatic carbocycles. The van der Waals surface area contributed by atoms with Crippen molar-refractivity contribution in [2.75, 3.05) is 0 Å². The van der Waals surface area contributed by atoms with E-state index in [9.17, 15) is 8.42 Å². The van der Waals surface area contributed by atoms with E-state index in [1.54, 1.807) is 37.0 Å². The first-order chi connectivity index (χ1) is 9.83. The van der Waals surface area contributed by atoms with Crippen molar-refractivity contribution in [1.29, 1.82) is 0 Å². The van der Waals surface area contributed by atoms with E-state index in [-0.39, 0.29) is 11.4 Å². The molecule has 1 aromatic carbocycles. The first-order valence-corrected chi connectivity index (χ1v) is 8.10. The molecule has 0 aliphatic heterocycles. The predicted octanol–water partition coefficient (Wildman–Crippen LogP) is 0.974. The van der Waals surface area contributed by atoms with Gasteiger partial charge in [0, 0.05) is 19.8 Å². The minimum absolute atomic E-state index is 0.161. The number of nitrogens with zero attached hydrogens (tertiary/aromatic N) is 2. The van der Waals surface area contributed by atoms with Crippen LogP contribution in [0.15, 0.2) is 29.3 Å². The molecule has 0 saturated carbocycles. The summed E-state index contributed by atoms with van der Waals surface area (Å²) < 4.78 is 29.1. The molecule has 6 nitrogen and oxygen atoms in total.